The van der Waals surface area contributed by atoms with Crippen LogP contribution in [-0.2, 0) is 28.2 Å². The molecule has 0 aliphatic carbocycles. The number of thiazole rings is 1. The summed E-state index contributed by atoms with van der Waals surface area (Å²) < 4.78 is 32.8. The quantitative estimate of drug-likeness (QED) is 0.622. The Labute approximate surface area is 160 Å². The Hall–Kier alpha value is -2.56. The van der Waals surface area contributed by atoms with Gasteiger partial charge in [0.05, 0.1) is 29.5 Å². The van der Waals surface area contributed by atoms with Gasteiger partial charge in [-0.15, -0.1) is 11.3 Å². The van der Waals surface area contributed by atoms with Gasteiger partial charge in [-0.2, -0.15) is 5.10 Å². The largest absolute Gasteiger partial charge is 0.462 e. The zero-order valence-corrected chi connectivity index (χ0v) is 16.4. The van der Waals surface area contributed by atoms with E-state index in [9.17, 15) is 13.2 Å². The van der Waals surface area contributed by atoms with Crippen LogP contribution in [0.5, 0.6) is 0 Å². The smallest absolute Gasteiger partial charge is 0.338 e. The van der Waals surface area contributed by atoms with E-state index in [1.54, 1.807) is 37.1 Å². The summed E-state index contributed by atoms with van der Waals surface area (Å²) in [4.78, 5) is 16.2. The van der Waals surface area contributed by atoms with Gasteiger partial charge in [-0.05, 0) is 30.7 Å². The Morgan fingerprint density at radius 2 is 2.04 bits per heavy atom. The maximum absolute atomic E-state index is 13.0. The number of ether oxygens (including phenoxy) is 1. The van der Waals surface area contributed by atoms with E-state index in [1.807, 2.05) is 0 Å². The second-order valence-electron chi connectivity index (χ2n) is 5.65. The van der Waals surface area contributed by atoms with E-state index < -0.39 is 15.8 Å². The standard InChI is InChI=1S/C17H18N4O4S2/c1-3-25-17(22)12-4-11(13-8-20-21(2)10-13)5-14(6-12)27(23,24)16-9-19-15(7-18)26-16/h4-6,8-10H,3,7,18H2,1-2H3. The van der Waals surface area contributed by atoms with E-state index in [-0.39, 0.29) is 27.8 Å². The molecule has 3 rings (SSSR count). The molecule has 0 aliphatic heterocycles. The zero-order chi connectivity index (χ0) is 19.6. The van der Waals surface area contributed by atoms with Gasteiger partial charge >= 0.3 is 5.97 Å². The fourth-order valence-corrected chi connectivity index (χ4v) is 4.98. The van der Waals surface area contributed by atoms with Crippen LogP contribution in [0, 0.1) is 0 Å². The monoisotopic (exact) mass is 406 g/mol. The first-order valence-corrected chi connectivity index (χ1v) is 10.4. The molecule has 0 saturated carbocycles. The number of aryl methyl sites for hydroxylation is 1. The molecule has 3 aromatic rings. The van der Waals surface area contributed by atoms with Crippen LogP contribution in [0.15, 0.2) is 45.9 Å². The lowest BCUT2D eigenvalue weighted by Gasteiger charge is -2.09. The fourth-order valence-electron chi connectivity index (χ4n) is 2.45. The molecule has 0 radical (unpaired) electrons. The molecule has 10 heteroatoms. The maximum atomic E-state index is 13.0. The Bertz CT molecular complexity index is 1090. The van der Waals surface area contributed by atoms with Gasteiger partial charge in [-0.1, -0.05) is 0 Å². The number of sulfone groups is 1. The van der Waals surface area contributed by atoms with Crippen molar-refractivity contribution in [1.82, 2.24) is 14.8 Å². The SMILES string of the molecule is CCOC(=O)c1cc(-c2cnn(C)c2)cc(S(=O)(=O)c2cnc(CN)s2)c1. The average Bonchev–Trinajstić information content (AvgIpc) is 3.30. The lowest BCUT2D eigenvalue weighted by atomic mass is 10.1. The molecule has 2 heterocycles. The van der Waals surface area contributed by atoms with E-state index in [0.717, 1.165) is 11.3 Å². The van der Waals surface area contributed by atoms with E-state index in [4.69, 9.17) is 10.5 Å². The van der Waals surface area contributed by atoms with Crippen molar-refractivity contribution >= 4 is 27.1 Å². The summed E-state index contributed by atoms with van der Waals surface area (Å²) in [6.07, 6.45) is 4.61. The van der Waals surface area contributed by atoms with Crippen LogP contribution < -0.4 is 5.73 Å². The number of rotatable bonds is 6. The van der Waals surface area contributed by atoms with Crippen LogP contribution in [0.4, 0.5) is 0 Å². The molecule has 1 aromatic carbocycles. The summed E-state index contributed by atoms with van der Waals surface area (Å²) in [7, 11) is -2.11. The number of hydrogen-bond donors (Lipinski definition) is 1. The van der Waals surface area contributed by atoms with Gasteiger partial charge in [0.1, 0.15) is 9.22 Å². The Morgan fingerprint density at radius 3 is 2.63 bits per heavy atom. The van der Waals surface area contributed by atoms with E-state index in [1.165, 1.54) is 18.3 Å². The Morgan fingerprint density at radius 1 is 1.26 bits per heavy atom. The molecule has 0 spiro atoms. The summed E-state index contributed by atoms with van der Waals surface area (Å²) in [6.45, 7) is 2.03. The van der Waals surface area contributed by atoms with Crippen LogP contribution in [0.25, 0.3) is 11.1 Å². The first-order chi connectivity index (χ1) is 12.8. The topological polar surface area (TPSA) is 117 Å². The van der Waals surface area contributed by atoms with Gasteiger partial charge in [-0.25, -0.2) is 18.2 Å². The number of benzene rings is 1. The van der Waals surface area contributed by atoms with Crippen molar-refractivity contribution < 1.29 is 17.9 Å². The van der Waals surface area contributed by atoms with E-state index in [2.05, 4.69) is 10.1 Å². The lowest BCUT2D eigenvalue weighted by Crippen LogP contribution is -2.08. The van der Waals surface area contributed by atoms with E-state index >= 15 is 0 Å². The molecule has 0 fully saturated rings. The van der Waals surface area contributed by atoms with Crippen LogP contribution in [0.1, 0.15) is 22.3 Å². The average molecular weight is 406 g/mol. The predicted octanol–water partition coefficient (Wildman–Crippen LogP) is 2.01. The number of nitrogens with zero attached hydrogens (tertiary/aromatic N) is 3. The molecule has 2 aromatic heterocycles. The molecule has 27 heavy (non-hydrogen) atoms. The van der Waals surface area contributed by atoms with Crippen molar-refractivity contribution in [3.05, 3.63) is 47.4 Å². The van der Waals surface area contributed by atoms with Crippen molar-refractivity contribution in [3.8, 4) is 11.1 Å². The van der Waals surface area contributed by atoms with Gasteiger partial charge in [0, 0.05) is 25.4 Å². The molecule has 2 N–H and O–H groups in total. The molecular formula is C17H18N4O4S2. The number of carbonyl (C=O) groups excluding carboxylic acids is 1. The lowest BCUT2D eigenvalue weighted by molar-refractivity contribution is 0.0526. The summed E-state index contributed by atoms with van der Waals surface area (Å²) in [6, 6.07) is 4.41. The summed E-state index contributed by atoms with van der Waals surface area (Å²) in [5.41, 5.74) is 6.92. The molecule has 0 bridgehead atoms. The molecule has 0 amide bonds. The zero-order valence-electron chi connectivity index (χ0n) is 14.7. The third-order valence-corrected chi connectivity index (χ3v) is 6.95. The second-order valence-corrected chi connectivity index (χ2v) is 8.94. The molecule has 142 valence electrons. The second kappa shape index (κ2) is 7.59. The van der Waals surface area contributed by atoms with Crippen LogP contribution in [-0.4, -0.2) is 35.8 Å². The highest BCUT2D eigenvalue weighted by Crippen LogP contribution is 2.30. The highest BCUT2D eigenvalue weighted by atomic mass is 32.2. The Kier molecular flexibility index (Phi) is 5.40. The minimum atomic E-state index is -3.86. The van der Waals surface area contributed by atoms with Crippen molar-refractivity contribution in [2.45, 2.75) is 22.6 Å². The number of carbonyl (C=O) groups is 1. The van der Waals surface area contributed by atoms with Crippen LogP contribution >= 0.6 is 11.3 Å². The summed E-state index contributed by atoms with van der Waals surface area (Å²) >= 11 is 1.01. The van der Waals surface area contributed by atoms with Crippen molar-refractivity contribution in [2.24, 2.45) is 12.8 Å². The van der Waals surface area contributed by atoms with Crippen LogP contribution in [0.3, 0.4) is 0 Å². The van der Waals surface area contributed by atoms with Crippen molar-refractivity contribution in [2.75, 3.05) is 6.61 Å². The van der Waals surface area contributed by atoms with Crippen molar-refractivity contribution in [3.63, 3.8) is 0 Å². The highest BCUT2D eigenvalue weighted by molar-refractivity contribution is 7.93. The van der Waals surface area contributed by atoms with Gasteiger partial charge in [-0.3, -0.25) is 4.68 Å². The van der Waals surface area contributed by atoms with Crippen molar-refractivity contribution in [1.29, 1.82) is 0 Å². The number of esters is 1. The third kappa shape index (κ3) is 3.92. The fraction of sp³-hybridized carbons (Fsp3) is 0.235. The molecule has 8 nitrogen and oxygen atoms in total. The molecule has 0 aliphatic rings. The predicted molar refractivity (Wildman–Crippen MR) is 100 cm³/mol. The van der Waals surface area contributed by atoms with Gasteiger partial charge in [0.15, 0.2) is 0 Å². The molecule has 0 atom stereocenters. The number of aromatic nitrogens is 3. The number of nitrogens with two attached hydrogens (primary N) is 1. The normalized spacial score (nSPS) is 11.5. The summed E-state index contributed by atoms with van der Waals surface area (Å²) in [5, 5.41) is 4.61. The maximum Gasteiger partial charge on any atom is 0.338 e. The van der Waals surface area contributed by atoms with E-state index in [0.29, 0.717) is 16.1 Å². The minimum absolute atomic E-state index is 0.0147. The highest BCUT2D eigenvalue weighted by Gasteiger charge is 2.24. The first-order valence-electron chi connectivity index (χ1n) is 8.06. The van der Waals surface area contributed by atoms with Gasteiger partial charge in [0.25, 0.3) is 0 Å². The summed E-state index contributed by atoms with van der Waals surface area (Å²) in [5.74, 6) is -0.591. The first kappa shape index (κ1) is 19.2. The Balaban J connectivity index is 2.16. The minimum Gasteiger partial charge on any atom is -0.462 e. The third-order valence-electron chi connectivity index (χ3n) is 3.74. The molecule has 0 saturated heterocycles. The molecule has 0 unspecified atom stereocenters. The van der Waals surface area contributed by atoms with Crippen LogP contribution in [0.2, 0.25) is 0 Å². The molecular weight excluding hydrogens is 388 g/mol. The van der Waals surface area contributed by atoms with Gasteiger partial charge in [0.2, 0.25) is 9.84 Å². The van der Waals surface area contributed by atoms with Gasteiger partial charge < -0.3 is 10.5 Å². The number of hydrogen-bond acceptors (Lipinski definition) is 8.